The molecule has 0 spiro atoms. The number of hydrogen-bond donors (Lipinski definition) is 2. The number of nitrogens with one attached hydrogen (secondary N) is 1. The lowest BCUT2D eigenvalue weighted by atomic mass is 10.5. The molecular weight excluding hydrogens is 196 g/mol. The van der Waals surface area contributed by atoms with Crippen LogP contribution in [0.5, 0.6) is 0 Å². The second kappa shape index (κ2) is 3.72. The van der Waals surface area contributed by atoms with Crippen LogP contribution in [0.15, 0.2) is 17.2 Å². The number of carbonyl (C=O) groups is 1. The van der Waals surface area contributed by atoms with Gasteiger partial charge in [-0.05, 0) is 12.8 Å². The van der Waals surface area contributed by atoms with Crippen LogP contribution in [0.4, 0.5) is 5.82 Å². The smallest absolute Gasteiger partial charge is 0.293 e. The Kier molecular flexibility index (Phi) is 2.40. The number of nitrogens with two attached hydrogens (primary N) is 1. The Morgan fingerprint density at radius 1 is 1.67 bits per heavy atom. The first-order chi connectivity index (χ1) is 7.18. The average Bonchev–Trinajstić information content (AvgIpc) is 2.99. The maximum Gasteiger partial charge on any atom is 0.293 e. The van der Waals surface area contributed by atoms with Crippen molar-refractivity contribution in [2.24, 2.45) is 5.73 Å². The van der Waals surface area contributed by atoms with Gasteiger partial charge in [-0.1, -0.05) is 0 Å². The molecule has 6 nitrogen and oxygen atoms in total. The van der Waals surface area contributed by atoms with Crippen molar-refractivity contribution in [3.8, 4) is 0 Å². The van der Waals surface area contributed by atoms with Crippen molar-refractivity contribution >= 4 is 11.7 Å². The lowest BCUT2D eigenvalue weighted by Crippen LogP contribution is -2.28. The van der Waals surface area contributed by atoms with E-state index in [1.165, 1.54) is 0 Å². The van der Waals surface area contributed by atoms with Gasteiger partial charge in [0.1, 0.15) is 0 Å². The Labute approximate surface area is 86.1 Å². The van der Waals surface area contributed by atoms with Crippen molar-refractivity contribution < 1.29 is 4.79 Å². The molecule has 0 aromatic carbocycles. The standard InChI is InChI=1S/C9H12N4O2/c10-7(14)5-12-8-9(15)13(4-3-11-8)6-1-2-6/h3-4,6H,1-2,5H2,(H2,10,14)(H,11,12). The molecule has 2 rings (SSSR count). The van der Waals surface area contributed by atoms with Crippen LogP contribution < -0.4 is 16.6 Å². The summed E-state index contributed by atoms with van der Waals surface area (Å²) in [6.45, 7) is -0.0725. The van der Waals surface area contributed by atoms with Gasteiger partial charge in [0.15, 0.2) is 5.82 Å². The van der Waals surface area contributed by atoms with Crippen LogP contribution in [-0.2, 0) is 4.79 Å². The van der Waals surface area contributed by atoms with Gasteiger partial charge in [0, 0.05) is 18.4 Å². The van der Waals surface area contributed by atoms with Crippen molar-refractivity contribution in [3.05, 3.63) is 22.7 Å². The Morgan fingerprint density at radius 2 is 2.40 bits per heavy atom. The molecule has 0 radical (unpaired) electrons. The highest BCUT2D eigenvalue weighted by molar-refractivity contribution is 5.78. The molecule has 1 heterocycles. The molecule has 1 saturated carbocycles. The first kappa shape index (κ1) is 9.70. The summed E-state index contributed by atoms with van der Waals surface area (Å²) in [6, 6.07) is 0.301. The van der Waals surface area contributed by atoms with E-state index in [9.17, 15) is 9.59 Å². The molecule has 1 aromatic heterocycles. The van der Waals surface area contributed by atoms with Gasteiger partial charge in [0.25, 0.3) is 5.56 Å². The molecule has 0 aliphatic heterocycles. The van der Waals surface area contributed by atoms with Gasteiger partial charge < -0.3 is 15.6 Å². The summed E-state index contributed by atoms with van der Waals surface area (Å²) in [5, 5.41) is 2.62. The van der Waals surface area contributed by atoms with Crippen LogP contribution in [0.2, 0.25) is 0 Å². The van der Waals surface area contributed by atoms with E-state index in [0.29, 0.717) is 6.04 Å². The molecule has 80 valence electrons. The number of anilines is 1. The van der Waals surface area contributed by atoms with Crippen LogP contribution in [0.3, 0.4) is 0 Å². The summed E-state index contributed by atoms with van der Waals surface area (Å²) in [5.41, 5.74) is 4.77. The number of nitrogens with zero attached hydrogens (tertiary/aromatic N) is 2. The fourth-order valence-electron chi connectivity index (χ4n) is 1.36. The minimum Gasteiger partial charge on any atom is -0.368 e. The summed E-state index contributed by atoms with van der Waals surface area (Å²) in [4.78, 5) is 26.2. The summed E-state index contributed by atoms with van der Waals surface area (Å²) in [5.74, 6) is -0.332. The minimum absolute atomic E-state index is 0.0725. The van der Waals surface area contributed by atoms with Gasteiger partial charge in [0.2, 0.25) is 5.91 Å². The second-order valence-electron chi connectivity index (χ2n) is 3.54. The van der Waals surface area contributed by atoms with Crippen LogP contribution in [0, 0.1) is 0 Å². The first-order valence-corrected chi connectivity index (χ1v) is 4.78. The average molecular weight is 208 g/mol. The van der Waals surface area contributed by atoms with Crippen LogP contribution in [0.25, 0.3) is 0 Å². The Hall–Kier alpha value is -1.85. The predicted molar refractivity (Wildman–Crippen MR) is 54.5 cm³/mol. The summed E-state index contributed by atoms with van der Waals surface area (Å²) >= 11 is 0. The Bertz CT molecular complexity index is 436. The number of rotatable bonds is 4. The zero-order chi connectivity index (χ0) is 10.8. The molecule has 6 heteroatoms. The molecule has 1 aliphatic rings. The third kappa shape index (κ3) is 2.15. The van der Waals surface area contributed by atoms with E-state index in [1.54, 1.807) is 17.0 Å². The van der Waals surface area contributed by atoms with Crippen molar-refractivity contribution in [2.75, 3.05) is 11.9 Å². The Morgan fingerprint density at radius 3 is 3.00 bits per heavy atom. The van der Waals surface area contributed by atoms with E-state index in [2.05, 4.69) is 10.3 Å². The SMILES string of the molecule is NC(=O)CNc1nccn(C2CC2)c1=O. The zero-order valence-electron chi connectivity index (χ0n) is 8.14. The van der Waals surface area contributed by atoms with Crippen LogP contribution in [0.1, 0.15) is 18.9 Å². The first-order valence-electron chi connectivity index (χ1n) is 4.78. The molecule has 0 unspecified atom stereocenters. The zero-order valence-corrected chi connectivity index (χ0v) is 8.14. The van der Waals surface area contributed by atoms with Crippen molar-refractivity contribution in [1.82, 2.24) is 9.55 Å². The molecule has 3 N–H and O–H groups in total. The second-order valence-corrected chi connectivity index (χ2v) is 3.54. The fourth-order valence-corrected chi connectivity index (χ4v) is 1.36. The molecule has 1 aromatic rings. The molecular formula is C9H12N4O2. The van der Waals surface area contributed by atoms with E-state index in [1.807, 2.05) is 0 Å². The number of aromatic nitrogens is 2. The van der Waals surface area contributed by atoms with E-state index >= 15 is 0 Å². The summed E-state index contributed by atoms with van der Waals surface area (Å²) in [6.07, 6.45) is 5.26. The van der Waals surface area contributed by atoms with E-state index in [4.69, 9.17) is 5.73 Å². The highest BCUT2D eigenvalue weighted by Crippen LogP contribution is 2.33. The number of primary amides is 1. The van der Waals surface area contributed by atoms with E-state index in [-0.39, 0.29) is 17.9 Å². The number of hydrogen-bond acceptors (Lipinski definition) is 4. The highest BCUT2D eigenvalue weighted by Gasteiger charge is 2.25. The third-order valence-electron chi connectivity index (χ3n) is 2.24. The topological polar surface area (TPSA) is 90.0 Å². The predicted octanol–water partition coefficient (Wildman–Crippen LogP) is -0.525. The molecule has 0 atom stereocenters. The van der Waals surface area contributed by atoms with Gasteiger partial charge in [0.05, 0.1) is 6.54 Å². The van der Waals surface area contributed by atoms with Gasteiger partial charge in [-0.15, -0.1) is 0 Å². The van der Waals surface area contributed by atoms with Crippen LogP contribution in [-0.4, -0.2) is 22.0 Å². The van der Waals surface area contributed by atoms with Gasteiger partial charge in [-0.25, -0.2) is 4.98 Å². The van der Waals surface area contributed by atoms with Crippen molar-refractivity contribution in [2.45, 2.75) is 18.9 Å². The quantitative estimate of drug-likeness (QED) is 0.696. The molecule has 15 heavy (non-hydrogen) atoms. The van der Waals surface area contributed by atoms with E-state index in [0.717, 1.165) is 12.8 Å². The molecule has 0 bridgehead atoms. The maximum atomic E-state index is 11.7. The third-order valence-corrected chi connectivity index (χ3v) is 2.24. The van der Waals surface area contributed by atoms with Crippen LogP contribution >= 0.6 is 0 Å². The maximum absolute atomic E-state index is 11.7. The number of carbonyl (C=O) groups excluding carboxylic acids is 1. The van der Waals surface area contributed by atoms with Crippen molar-refractivity contribution in [3.63, 3.8) is 0 Å². The fraction of sp³-hybridized carbons (Fsp3) is 0.444. The largest absolute Gasteiger partial charge is 0.368 e. The lowest BCUT2D eigenvalue weighted by Gasteiger charge is -2.06. The minimum atomic E-state index is -0.516. The summed E-state index contributed by atoms with van der Waals surface area (Å²) < 4.78 is 1.64. The highest BCUT2D eigenvalue weighted by atomic mass is 16.1. The normalized spacial score (nSPS) is 14.9. The lowest BCUT2D eigenvalue weighted by molar-refractivity contribution is -0.116. The summed E-state index contributed by atoms with van der Waals surface area (Å²) in [7, 11) is 0. The molecule has 0 saturated heterocycles. The van der Waals surface area contributed by atoms with Gasteiger partial charge in [-0.3, -0.25) is 9.59 Å². The number of amides is 1. The molecule has 1 aliphatic carbocycles. The monoisotopic (exact) mass is 208 g/mol. The molecule has 1 fully saturated rings. The van der Waals surface area contributed by atoms with E-state index < -0.39 is 5.91 Å². The Balaban J connectivity index is 2.20. The van der Waals surface area contributed by atoms with Gasteiger partial charge in [-0.2, -0.15) is 0 Å². The van der Waals surface area contributed by atoms with Crippen molar-refractivity contribution in [1.29, 1.82) is 0 Å². The van der Waals surface area contributed by atoms with Gasteiger partial charge >= 0.3 is 0 Å². The molecule has 1 amide bonds.